The van der Waals surface area contributed by atoms with Gasteiger partial charge >= 0.3 is 0 Å². The summed E-state index contributed by atoms with van der Waals surface area (Å²) in [4.78, 5) is 18.1. The quantitative estimate of drug-likeness (QED) is 0.844. The molecule has 25 heavy (non-hydrogen) atoms. The van der Waals surface area contributed by atoms with Crippen molar-refractivity contribution in [3.63, 3.8) is 0 Å². The number of amides is 1. The minimum absolute atomic E-state index is 0.0200. The van der Waals surface area contributed by atoms with Crippen LogP contribution in [-0.4, -0.2) is 54.7 Å². The van der Waals surface area contributed by atoms with Gasteiger partial charge < -0.3 is 15.0 Å². The van der Waals surface area contributed by atoms with Crippen molar-refractivity contribution >= 4 is 16.8 Å². The third-order valence-corrected chi connectivity index (χ3v) is 4.86. The number of hydrogen-bond donors (Lipinski definition) is 2. The van der Waals surface area contributed by atoms with Gasteiger partial charge in [-0.2, -0.15) is 0 Å². The molecule has 2 heterocycles. The number of ether oxygens (including phenoxy) is 1. The Balaban J connectivity index is 1.65. The van der Waals surface area contributed by atoms with Crippen LogP contribution in [0, 0.1) is 12.7 Å². The molecule has 5 nitrogen and oxygen atoms in total. The average molecular weight is 347 g/mol. The summed E-state index contributed by atoms with van der Waals surface area (Å²) in [7, 11) is 0. The van der Waals surface area contributed by atoms with E-state index in [9.17, 15) is 9.18 Å². The highest BCUT2D eigenvalue weighted by molar-refractivity contribution is 5.90. The molecule has 0 saturated carbocycles. The van der Waals surface area contributed by atoms with E-state index in [4.69, 9.17) is 4.74 Å². The van der Waals surface area contributed by atoms with E-state index in [1.807, 2.05) is 6.92 Å². The molecule has 0 unspecified atom stereocenters. The van der Waals surface area contributed by atoms with Crippen molar-refractivity contribution in [3.8, 4) is 0 Å². The number of fused-ring (bicyclic) bond motifs is 1. The molecule has 2 aromatic rings. The molecule has 0 bridgehead atoms. The molecule has 1 aromatic carbocycles. The number of nitrogens with one attached hydrogen (secondary N) is 2. The van der Waals surface area contributed by atoms with Crippen LogP contribution in [-0.2, 0) is 16.0 Å². The molecule has 1 saturated heterocycles. The molecule has 6 heteroatoms. The largest absolute Gasteiger partial charge is 0.379 e. The molecule has 1 atom stereocenters. The van der Waals surface area contributed by atoms with E-state index in [0.29, 0.717) is 0 Å². The Bertz CT molecular complexity index is 738. The zero-order chi connectivity index (χ0) is 17.8. The number of halogens is 1. The molecule has 3 rings (SSSR count). The summed E-state index contributed by atoms with van der Waals surface area (Å²) in [6.45, 7) is 8.17. The van der Waals surface area contributed by atoms with E-state index in [-0.39, 0.29) is 24.2 Å². The third kappa shape index (κ3) is 4.38. The number of rotatable bonds is 6. The van der Waals surface area contributed by atoms with Gasteiger partial charge in [-0.25, -0.2) is 4.39 Å². The van der Waals surface area contributed by atoms with Gasteiger partial charge in [0.2, 0.25) is 5.91 Å². The zero-order valence-electron chi connectivity index (χ0n) is 14.9. The molecule has 1 aliphatic heterocycles. The second kappa shape index (κ2) is 7.97. The second-order valence-electron chi connectivity index (χ2n) is 6.68. The van der Waals surface area contributed by atoms with Crippen LogP contribution in [0.25, 0.3) is 10.9 Å². The van der Waals surface area contributed by atoms with E-state index in [0.717, 1.165) is 61.4 Å². The number of H-pyrrole nitrogens is 1. The maximum atomic E-state index is 13.6. The van der Waals surface area contributed by atoms with Crippen LogP contribution >= 0.6 is 0 Å². The molecule has 2 N–H and O–H groups in total. The van der Waals surface area contributed by atoms with Crippen molar-refractivity contribution < 1.29 is 13.9 Å². The summed E-state index contributed by atoms with van der Waals surface area (Å²) >= 11 is 0. The second-order valence-corrected chi connectivity index (χ2v) is 6.68. The highest BCUT2D eigenvalue weighted by Crippen LogP contribution is 2.23. The lowest BCUT2D eigenvalue weighted by Gasteiger charge is -2.30. The predicted octanol–water partition coefficient (Wildman–Crippen LogP) is 2.38. The highest BCUT2D eigenvalue weighted by atomic mass is 19.1. The number of nitrogens with zero attached hydrogens (tertiary/aromatic N) is 1. The number of carbonyl (C=O) groups is 1. The van der Waals surface area contributed by atoms with Gasteiger partial charge in [-0.3, -0.25) is 9.69 Å². The van der Waals surface area contributed by atoms with Crippen molar-refractivity contribution in [2.75, 3.05) is 32.8 Å². The van der Waals surface area contributed by atoms with Crippen LogP contribution in [0.1, 0.15) is 24.6 Å². The topological polar surface area (TPSA) is 57.4 Å². The molecular weight excluding hydrogens is 321 g/mol. The standard InChI is InChI=1S/C19H26FN3O2/c1-3-15(12-23-6-8-25-9-7-23)22-19(24)11-16-13(2)21-18-5-4-14(20)10-17(16)18/h4-5,10,15,21H,3,6-9,11-12H2,1-2H3,(H,22,24)/t15-/m1/s1. The fourth-order valence-electron chi connectivity index (χ4n) is 3.39. The first-order valence-electron chi connectivity index (χ1n) is 8.93. The van der Waals surface area contributed by atoms with Crippen molar-refractivity contribution in [2.24, 2.45) is 0 Å². The Morgan fingerprint density at radius 3 is 2.88 bits per heavy atom. The molecule has 0 radical (unpaired) electrons. The Labute approximate surface area is 147 Å². The van der Waals surface area contributed by atoms with E-state index >= 15 is 0 Å². The number of benzene rings is 1. The third-order valence-electron chi connectivity index (χ3n) is 4.86. The summed E-state index contributed by atoms with van der Waals surface area (Å²) < 4.78 is 18.9. The molecular formula is C19H26FN3O2. The molecule has 0 spiro atoms. The van der Waals surface area contributed by atoms with Crippen LogP contribution in [0.5, 0.6) is 0 Å². The van der Waals surface area contributed by atoms with Crippen LogP contribution < -0.4 is 5.32 Å². The summed E-state index contributed by atoms with van der Waals surface area (Å²) in [5.74, 6) is -0.305. The molecule has 1 aliphatic rings. The van der Waals surface area contributed by atoms with E-state index in [1.165, 1.54) is 12.1 Å². The summed E-state index contributed by atoms with van der Waals surface area (Å²) in [6, 6.07) is 4.75. The van der Waals surface area contributed by atoms with Crippen LogP contribution in [0.4, 0.5) is 4.39 Å². The summed E-state index contributed by atoms with van der Waals surface area (Å²) in [5, 5.41) is 3.92. The Hall–Kier alpha value is -1.92. The first-order valence-corrected chi connectivity index (χ1v) is 8.93. The molecule has 1 fully saturated rings. The SMILES string of the molecule is CC[C@H](CN1CCOCC1)NC(=O)Cc1c(C)[nH]c2ccc(F)cc12. The van der Waals surface area contributed by atoms with Gasteiger partial charge in [0.15, 0.2) is 0 Å². The normalized spacial score (nSPS) is 16.9. The lowest BCUT2D eigenvalue weighted by molar-refractivity contribution is -0.121. The van der Waals surface area contributed by atoms with Crippen LogP contribution in [0.2, 0.25) is 0 Å². The fourth-order valence-corrected chi connectivity index (χ4v) is 3.39. The molecule has 0 aliphatic carbocycles. The first-order chi connectivity index (χ1) is 12.1. The zero-order valence-corrected chi connectivity index (χ0v) is 14.9. The maximum absolute atomic E-state index is 13.6. The summed E-state index contributed by atoms with van der Waals surface area (Å²) in [6.07, 6.45) is 1.14. The average Bonchev–Trinajstić information content (AvgIpc) is 2.90. The predicted molar refractivity (Wildman–Crippen MR) is 96.2 cm³/mol. The van der Waals surface area contributed by atoms with Crippen LogP contribution in [0.3, 0.4) is 0 Å². The van der Waals surface area contributed by atoms with Crippen molar-refractivity contribution in [1.82, 2.24) is 15.2 Å². The summed E-state index contributed by atoms with van der Waals surface area (Å²) in [5.41, 5.74) is 2.65. The monoisotopic (exact) mass is 347 g/mol. The number of aryl methyl sites for hydroxylation is 1. The van der Waals surface area contributed by atoms with Gasteiger partial charge in [0.05, 0.1) is 19.6 Å². The lowest BCUT2D eigenvalue weighted by atomic mass is 10.1. The lowest BCUT2D eigenvalue weighted by Crippen LogP contribution is -2.47. The Morgan fingerprint density at radius 1 is 1.40 bits per heavy atom. The number of carbonyl (C=O) groups excluding carboxylic acids is 1. The van der Waals surface area contributed by atoms with E-state index < -0.39 is 0 Å². The number of aromatic amines is 1. The number of morpholine rings is 1. The van der Waals surface area contributed by atoms with Gasteiger partial charge in [0.1, 0.15) is 5.82 Å². The highest BCUT2D eigenvalue weighted by Gasteiger charge is 2.19. The van der Waals surface area contributed by atoms with Crippen molar-refractivity contribution in [1.29, 1.82) is 0 Å². The Kier molecular flexibility index (Phi) is 5.71. The molecule has 136 valence electrons. The maximum Gasteiger partial charge on any atom is 0.224 e. The van der Waals surface area contributed by atoms with Crippen LogP contribution in [0.15, 0.2) is 18.2 Å². The molecule has 1 amide bonds. The van der Waals surface area contributed by atoms with Gasteiger partial charge in [-0.1, -0.05) is 6.92 Å². The van der Waals surface area contributed by atoms with Crippen molar-refractivity contribution in [2.45, 2.75) is 32.7 Å². The van der Waals surface area contributed by atoms with Gasteiger partial charge in [-0.15, -0.1) is 0 Å². The minimum Gasteiger partial charge on any atom is -0.379 e. The number of hydrogen-bond acceptors (Lipinski definition) is 3. The Morgan fingerprint density at radius 2 is 2.16 bits per heavy atom. The van der Waals surface area contributed by atoms with Gasteiger partial charge in [0, 0.05) is 42.3 Å². The smallest absolute Gasteiger partial charge is 0.224 e. The molecule has 1 aromatic heterocycles. The van der Waals surface area contributed by atoms with E-state index in [2.05, 4.69) is 22.1 Å². The van der Waals surface area contributed by atoms with E-state index in [1.54, 1.807) is 6.07 Å². The first kappa shape index (κ1) is 17.9. The van der Waals surface area contributed by atoms with Gasteiger partial charge in [-0.05, 0) is 37.1 Å². The van der Waals surface area contributed by atoms with Crippen molar-refractivity contribution in [3.05, 3.63) is 35.3 Å². The van der Waals surface area contributed by atoms with Gasteiger partial charge in [0.25, 0.3) is 0 Å². The fraction of sp³-hybridized carbons (Fsp3) is 0.526. The minimum atomic E-state index is -0.285. The number of aromatic nitrogens is 1.